The van der Waals surface area contributed by atoms with Crippen LogP contribution in [0.5, 0.6) is 5.75 Å². The zero-order valence-corrected chi connectivity index (χ0v) is 25.1. The van der Waals surface area contributed by atoms with Gasteiger partial charge in [0, 0.05) is 32.0 Å². The predicted molar refractivity (Wildman–Crippen MR) is 156 cm³/mol. The number of ether oxygens (including phenoxy) is 1. The van der Waals surface area contributed by atoms with Crippen molar-refractivity contribution >= 4 is 65.0 Å². The second-order valence-corrected chi connectivity index (χ2v) is 10.4. The Hall–Kier alpha value is -2.03. The second kappa shape index (κ2) is 15.7. The lowest BCUT2D eigenvalue weighted by atomic mass is 10.0. The Kier molecular flexibility index (Phi) is 13.3. The van der Waals surface area contributed by atoms with E-state index in [1.807, 2.05) is 26.0 Å². The highest BCUT2D eigenvalue weighted by Crippen LogP contribution is 2.37. The third-order valence-electron chi connectivity index (χ3n) is 6.44. The number of rotatable bonds is 12. The van der Waals surface area contributed by atoms with Gasteiger partial charge in [0.05, 0.1) is 28.0 Å². The van der Waals surface area contributed by atoms with E-state index in [0.717, 1.165) is 30.5 Å². The largest absolute Gasteiger partial charge is 0.490 e. The third-order valence-corrected chi connectivity index (χ3v) is 7.47. The molecule has 4 rings (SSSR count). The molecule has 1 saturated carbocycles. The fourth-order valence-corrected chi connectivity index (χ4v) is 4.95. The number of nitrogens with zero attached hydrogens (tertiary/aromatic N) is 2. The average Bonchev–Trinajstić information content (AvgIpc) is 3.65. The first-order chi connectivity index (χ1) is 18.2. The molecule has 2 aromatic carbocycles. The van der Waals surface area contributed by atoms with Crippen molar-refractivity contribution in [3.05, 3.63) is 62.6 Å². The summed E-state index contributed by atoms with van der Waals surface area (Å²) in [5.74, 6) is -0.279. The number of likely N-dealkylation sites (tertiary alicyclic amines) is 1. The maximum Gasteiger partial charge on any atom is 0.305 e. The van der Waals surface area contributed by atoms with Crippen LogP contribution in [0.3, 0.4) is 0 Å². The van der Waals surface area contributed by atoms with Gasteiger partial charge in [0.15, 0.2) is 0 Å². The topological polar surface area (TPSA) is 87.2 Å². The van der Waals surface area contributed by atoms with Crippen LogP contribution in [0.1, 0.15) is 63.1 Å². The molecule has 1 unspecified atom stereocenters. The molecule has 1 saturated heterocycles. The molecule has 2 amide bonds. The second-order valence-electron chi connectivity index (χ2n) is 9.21. The molecule has 0 radical (unpaired) electrons. The zero-order chi connectivity index (χ0) is 27.8. The van der Waals surface area contributed by atoms with Crippen molar-refractivity contribution in [3.63, 3.8) is 0 Å². The number of carboxylic acids is 1. The minimum atomic E-state index is -0.899. The summed E-state index contributed by atoms with van der Waals surface area (Å²) in [6, 6.07) is 10.3. The molecule has 1 aliphatic heterocycles. The van der Waals surface area contributed by atoms with E-state index in [1.54, 1.807) is 24.3 Å². The van der Waals surface area contributed by atoms with Gasteiger partial charge in [-0.2, -0.15) is 0 Å². The van der Waals surface area contributed by atoms with Gasteiger partial charge in [-0.05, 0) is 54.2 Å². The first-order valence-electron chi connectivity index (χ1n) is 12.9. The molecule has 1 heterocycles. The maximum absolute atomic E-state index is 11.8. The molecule has 1 N–H and O–H groups in total. The van der Waals surface area contributed by atoms with E-state index in [0.29, 0.717) is 33.3 Å². The normalized spacial score (nSPS) is 15.5. The minimum Gasteiger partial charge on any atom is -0.490 e. The maximum atomic E-state index is 11.8. The highest BCUT2D eigenvalue weighted by molar-refractivity contribution is 6.42. The monoisotopic (exact) mass is 618 g/mol. The first-order valence-corrected chi connectivity index (χ1v) is 14.0. The number of hydrogen-bond acceptors (Lipinski definition) is 5. The summed E-state index contributed by atoms with van der Waals surface area (Å²) in [6.45, 7) is 5.59. The molecule has 0 aromatic heterocycles. The van der Waals surface area contributed by atoms with E-state index < -0.39 is 5.97 Å². The third kappa shape index (κ3) is 9.54. The van der Waals surface area contributed by atoms with Crippen LogP contribution in [-0.2, 0) is 20.9 Å². The number of benzene rings is 2. The van der Waals surface area contributed by atoms with Crippen molar-refractivity contribution in [2.24, 2.45) is 5.92 Å². The lowest BCUT2D eigenvalue weighted by molar-refractivity contribution is -0.140. The summed E-state index contributed by atoms with van der Waals surface area (Å²) in [4.78, 5) is 38.6. The van der Waals surface area contributed by atoms with Crippen molar-refractivity contribution in [1.82, 2.24) is 9.80 Å². The lowest BCUT2D eigenvalue weighted by Gasteiger charge is -2.32. The van der Waals surface area contributed by atoms with Crippen LogP contribution in [0.25, 0.3) is 0 Å². The highest BCUT2D eigenvalue weighted by atomic mass is 35.5. The van der Waals surface area contributed by atoms with Crippen LogP contribution in [0, 0.1) is 5.92 Å². The van der Waals surface area contributed by atoms with Crippen molar-refractivity contribution in [3.8, 4) is 5.75 Å². The number of imide groups is 1. The van der Waals surface area contributed by atoms with Gasteiger partial charge in [0.2, 0.25) is 11.8 Å². The number of amides is 2. The molecular weight excluding hydrogens is 586 g/mol. The van der Waals surface area contributed by atoms with E-state index in [2.05, 4.69) is 4.90 Å². The van der Waals surface area contributed by atoms with E-state index in [4.69, 9.17) is 39.5 Å². The number of hydrogen-bond donors (Lipinski definition) is 1. The molecule has 11 heteroatoms. The van der Waals surface area contributed by atoms with Crippen molar-refractivity contribution < 1.29 is 24.2 Å². The summed E-state index contributed by atoms with van der Waals surface area (Å²) < 4.78 is 5.73. The molecule has 214 valence electrons. The van der Waals surface area contributed by atoms with Gasteiger partial charge in [-0.25, -0.2) is 0 Å². The Labute approximate surface area is 250 Å². The lowest BCUT2D eigenvalue weighted by Crippen LogP contribution is -2.33. The van der Waals surface area contributed by atoms with E-state index in [-0.39, 0.29) is 62.7 Å². The van der Waals surface area contributed by atoms with E-state index in [1.165, 1.54) is 4.90 Å². The average molecular weight is 620 g/mol. The molecule has 2 aliphatic rings. The Morgan fingerprint density at radius 2 is 1.69 bits per heavy atom. The van der Waals surface area contributed by atoms with E-state index in [9.17, 15) is 19.5 Å². The molecule has 7 nitrogen and oxygen atoms in total. The van der Waals surface area contributed by atoms with Crippen LogP contribution in [0.15, 0.2) is 36.4 Å². The summed E-state index contributed by atoms with van der Waals surface area (Å²) in [6.07, 6.45) is 2.65. The Morgan fingerprint density at radius 1 is 1.03 bits per heavy atom. The number of aliphatic carboxylic acids is 1. The van der Waals surface area contributed by atoms with Gasteiger partial charge < -0.3 is 9.84 Å². The predicted octanol–water partition coefficient (Wildman–Crippen LogP) is 7.05. The van der Waals surface area contributed by atoms with Gasteiger partial charge in [0.1, 0.15) is 12.4 Å². The Bertz CT molecular complexity index is 1140. The number of carbonyl (C=O) groups is 3. The van der Waals surface area contributed by atoms with Crippen LogP contribution in [0.4, 0.5) is 0 Å². The quantitative estimate of drug-likeness (QED) is 0.256. The zero-order valence-electron chi connectivity index (χ0n) is 22.0. The van der Waals surface area contributed by atoms with Crippen LogP contribution < -0.4 is 4.74 Å². The summed E-state index contributed by atoms with van der Waals surface area (Å²) in [5, 5.41) is 10.9. The molecule has 0 spiro atoms. The van der Waals surface area contributed by atoms with Gasteiger partial charge in [0.25, 0.3) is 0 Å². The summed E-state index contributed by atoms with van der Waals surface area (Å²) in [5.41, 5.74) is 1.71. The Balaban J connectivity index is 0.00000174. The highest BCUT2D eigenvalue weighted by Gasteiger charge is 2.31. The van der Waals surface area contributed by atoms with Crippen LogP contribution >= 0.6 is 47.2 Å². The van der Waals surface area contributed by atoms with E-state index >= 15 is 0 Å². The smallest absolute Gasteiger partial charge is 0.305 e. The Morgan fingerprint density at radius 3 is 2.26 bits per heavy atom. The first kappa shape index (κ1) is 33.2. The molecule has 1 aliphatic carbocycles. The van der Waals surface area contributed by atoms with Gasteiger partial charge >= 0.3 is 5.97 Å². The van der Waals surface area contributed by atoms with Gasteiger partial charge in [-0.3, -0.25) is 24.2 Å². The van der Waals surface area contributed by atoms with Gasteiger partial charge in [-0.15, -0.1) is 12.4 Å². The molecule has 0 bridgehead atoms. The minimum absolute atomic E-state index is 0. The summed E-state index contributed by atoms with van der Waals surface area (Å²) >= 11 is 18.8. The fourth-order valence-electron chi connectivity index (χ4n) is 4.39. The standard InChI is InChI=1S/C26H27Cl3N2O5.C2H6.ClH/c27-19-5-4-18(12-20(19)28)22(13-26(34)35)30(14-16-1-2-16)15-17-3-6-23(21(29)11-17)36-10-9-31-24(32)7-8-25(31)33;1-2;/h3-6,11-12,16,22H,1-2,7-10,13-15H2,(H,34,35);1-2H3;1H. The molecular formula is C28H34Cl4N2O5. The molecule has 39 heavy (non-hydrogen) atoms. The molecule has 1 atom stereocenters. The molecule has 2 aromatic rings. The van der Waals surface area contributed by atoms with Crippen molar-refractivity contribution in [2.75, 3.05) is 19.7 Å². The van der Waals surface area contributed by atoms with Crippen LogP contribution in [0.2, 0.25) is 15.1 Å². The van der Waals surface area contributed by atoms with Gasteiger partial charge in [-0.1, -0.05) is 60.8 Å². The number of halogens is 4. The van der Waals surface area contributed by atoms with Crippen molar-refractivity contribution in [2.45, 2.75) is 58.5 Å². The number of carbonyl (C=O) groups excluding carboxylic acids is 2. The summed E-state index contributed by atoms with van der Waals surface area (Å²) in [7, 11) is 0. The van der Waals surface area contributed by atoms with Crippen molar-refractivity contribution in [1.29, 1.82) is 0 Å². The van der Waals surface area contributed by atoms with Crippen LogP contribution in [-0.4, -0.2) is 52.4 Å². The molecule has 2 fully saturated rings. The number of carboxylic acid groups (broad SMARTS) is 1. The fraction of sp³-hybridized carbons (Fsp3) is 0.464. The SMILES string of the molecule is CC.Cl.O=C(O)CC(c1ccc(Cl)c(Cl)c1)N(Cc1ccc(OCCN2C(=O)CCC2=O)c(Cl)c1)CC1CC1.